The number of carbonyl (C=O) groups excluding carboxylic acids is 4. The predicted octanol–water partition coefficient (Wildman–Crippen LogP) is 0.377. The molecule has 0 radical (unpaired) electrons. The van der Waals surface area contributed by atoms with E-state index in [1.54, 1.807) is 24.3 Å². The molecule has 0 saturated carbocycles. The summed E-state index contributed by atoms with van der Waals surface area (Å²) in [7, 11) is 1.19. The van der Waals surface area contributed by atoms with Crippen molar-refractivity contribution in [2.45, 2.75) is 6.54 Å². The van der Waals surface area contributed by atoms with Crippen LogP contribution in [0.5, 0.6) is 0 Å². The van der Waals surface area contributed by atoms with E-state index in [4.69, 9.17) is 11.6 Å². The molecular weight excluding hydrogens is 298 g/mol. The SMILES string of the molecule is CN1C(=O)C(=O)N(CC(=O)NCc2ccc(Cl)cc2)C1=O. The lowest BCUT2D eigenvalue weighted by Crippen LogP contribution is -2.40. The number of urea groups is 1. The zero-order valence-corrected chi connectivity index (χ0v) is 11.9. The van der Waals surface area contributed by atoms with E-state index in [9.17, 15) is 19.2 Å². The van der Waals surface area contributed by atoms with Crippen LogP contribution in [0.4, 0.5) is 4.79 Å². The fourth-order valence-electron chi connectivity index (χ4n) is 1.76. The summed E-state index contributed by atoms with van der Waals surface area (Å²) in [4.78, 5) is 47.4. The van der Waals surface area contributed by atoms with Gasteiger partial charge in [0.05, 0.1) is 0 Å². The molecule has 1 aliphatic heterocycles. The number of benzene rings is 1. The molecule has 1 heterocycles. The van der Waals surface area contributed by atoms with Crippen molar-refractivity contribution in [3.05, 3.63) is 34.9 Å². The number of nitrogens with one attached hydrogen (secondary N) is 1. The second kappa shape index (κ2) is 5.92. The van der Waals surface area contributed by atoms with Gasteiger partial charge in [0.2, 0.25) is 5.91 Å². The molecular formula is C13H12ClN3O4. The van der Waals surface area contributed by atoms with E-state index >= 15 is 0 Å². The van der Waals surface area contributed by atoms with E-state index in [0.29, 0.717) is 14.8 Å². The van der Waals surface area contributed by atoms with Crippen molar-refractivity contribution in [3.8, 4) is 0 Å². The molecule has 1 aromatic carbocycles. The van der Waals surface area contributed by atoms with Gasteiger partial charge < -0.3 is 5.32 Å². The maximum atomic E-state index is 11.7. The molecule has 0 bridgehead atoms. The number of hydrogen-bond acceptors (Lipinski definition) is 4. The second-order valence-electron chi connectivity index (χ2n) is 4.44. The third kappa shape index (κ3) is 3.19. The zero-order chi connectivity index (χ0) is 15.6. The lowest BCUT2D eigenvalue weighted by Gasteiger charge is -2.12. The molecule has 1 fully saturated rings. The molecule has 0 unspecified atom stereocenters. The van der Waals surface area contributed by atoms with Crippen molar-refractivity contribution in [1.82, 2.24) is 15.1 Å². The molecule has 1 aromatic rings. The van der Waals surface area contributed by atoms with Gasteiger partial charge in [0, 0.05) is 18.6 Å². The van der Waals surface area contributed by atoms with Crippen molar-refractivity contribution >= 4 is 35.4 Å². The Morgan fingerprint density at radius 2 is 1.76 bits per heavy atom. The second-order valence-corrected chi connectivity index (χ2v) is 4.88. The third-order valence-electron chi connectivity index (χ3n) is 2.96. The van der Waals surface area contributed by atoms with Crippen LogP contribution < -0.4 is 5.32 Å². The Hall–Kier alpha value is -2.41. The summed E-state index contributed by atoms with van der Waals surface area (Å²) in [5, 5.41) is 3.14. The van der Waals surface area contributed by atoms with Gasteiger partial charge >= 0.3 is 17.8 Å². The average molecular weight is 310 g/mol. The summed E-state index contributed by atoms with van der Waals surface area (Å²) in [6.45, 7) is -0.253. The molecule has 1 aliphatic rings. The average Bonchev–Trinajstić information content (AvgIpc) is 2.64. The minimum absolute atomic E-state index is 0.232. The fourth-order valence-corrected chi connectivity index (χ4v) is 1.88. The number of likely N-dealkylation sites (N-methyl/N-ethyl adjacent to an activating group) is 1. The van der Waals surface area contributed by atoms with Gasteiger partial charge in [-0.2, -0.15) is 0 Å². The van der Waals surface area contributed by atoms with Crippen LogP contribution in [0, 0.1) is 0 Å². The predicted molar refractivity (Wildman–Crippen MR) is 73.2 cm³/mol. The molecule has 0 atom stereocenters. The summed E-state index contributed by atoms with van der Waals surface area (Å²) >= 11 is 5.74. The van der Waals surface area contributed by atoms with Crippen LogP contribution in [0.15, 0.2) is 24.3 Å². The Kier molecular flexibility index (Phi) is 4.23. The van der Waals surface area contributed by atoms with Gasteiger partial charge in [0.15, 0.2) is 0 Å². The minimum atomic E-state index is -0.996. The molecule has 0 aromatic heterocycles. The molecule has 1 saturated heterocycles. The molecule has 7 nitrogen and oxygen atoms in total. The largest absolute Gasteiger partial charge is 0.350 e. The van der Waals surface area contributed by atoms with Gasteiger partial charge in [-0.25, -0.2) is 9.69 Å². The van der Waals surface area contributed by atoms with Gasteiger partial charge in [-0.3, -0.25) is 19.3 Å². The van der Waals surface area contributed by atoms with Crippen LogP contribution in [0.1, 0.15) is 5.56 Å². The highest BCUT2D eigenvalue weighted by molar-refractivity contribution is 6.44. The molecule has 5 amide bonds. The standard InChI is InChI=1S/C13H12ClN3O4/c1-16-11(19)12(20)17(13(16)21)7-10(18)15-6-8-2-4-9(14)5-3-8/h2-5H,6-7H2,1H3,(H,15,18). The topological polar surface area (TPSA) is 86.8 Å². The minimum Gasteiger partial charge on any atom is -0.350 e. The van der Waals surface area contributed by atoms with Gasteiger partial charge in [0.25, 0.3) is 0 Å². The van der Waals surface area contributed by atoms with E-state index in [1.807, 2.05) is 0 Å². The smallest absolute Gasteiger partial charge is 0.334 e. The van der Waals surface area contributed by atoms with Crippen LogP contribution in [0.3, 0.4) is 0 Å². The number of rotatable bonds is 4. The summed E-state index contributed by atoms with van der Waals surface area (Å²) in [5.41, 5.74) is 0.819. The van der Waals surface area contributed by atoms with Crippen LogP contribution in [0.2, 0.25) is 5.02 Å². The lowest BCUT2D eigenvalue weighted by molar-refractivity contribution is -0.143. The Morgan fingerprint density at radius 3 is 2.29 bits per heavy atom. The molecule has 0 aliphatic carbocycles. The third-order valence-corrected chi connectivity index (χ3v) is 3.21. The number of imide groups is 2. The molecule has 0 spiro atoms. The first kappa shape index (κ1) is 15.0. The first-order valence-corrected chi connectivity index (χ1v) is 6.42. The Labute approximate surface area is 125 Å². The number of halogens is 1. The van der Waals surface area contributed by atoms with Crippen molar-refractivity contribution in [2.24, 2.45) is 0 Å². The Morgan fingerprint density at radius 1 is 1.14 bits per heavy atom. The first-order valence-electron chi connectivity index (χ1n) is 6.05. The first-order chi connectivity index (χ1) is 9.90. The van der Waals surface area contributed by atoms with Gasteiger partial charge in [-0.1, -0.05) is 23.7 Å². The molecule has 21 heavy (non-hydrogen) atoms. The highest BCUT2D eigenvalue weighted by Crippen LogP contribution is 2.10. The maximum absolute atomic E-state index is 11.7. The highest BCUT2D eigenvalue weighted by Gasteiger charge is 2.42. The fraction of sp³-hybridized carbons (Fsp3) is 0.231. The van der Waals surface area contributed by atoms with Crippen LogP contribution in [-0.2, 0) is 20.9 Å². The molecule has 2 rings (SSSR count). The van der Waals surface area contributed by atoms with E-state index in [1.165, 1.54) is 7.05 Å². The Bertz CT molecular complexity index is 614. The molecule has 8 heteroatoms. The lowest BCUT2D eigenvalue weighted by atomic mass is 10.2. The van der Waals surface area contributed by atoms with Crippen LogP contribution in [0.25, 0.3) is 0 Å². The van der Waals surface area contributed by atoms with E-state index in [2.05, 4.69) is 5.32 Å². The Balaban J connectivity index is 1.90. The maximum Gasteiger partial charge on any atom is 0.334 e. The summed E-state index contributed by atoms with van der Waals surface area (Å²) in [6.07, 6.45) is 0. The summed E-state index contributed by atoms with van der Waals surface area (Å²) in [5.74, 6) is -2.47. The normalized spacial score (nSPS) is 14.9. The number of nitrogens with zero attached hydrogens (tertiary/aromatic N) is 2. The van der Waals surface area contributed by atoms with Gasteiger partial charge in [-0.05, 0) is 17.7 Å². The van der Waals surface area contributed by atoms with Crippen molar-refractivity contribution < 1.29 is 19.2 Å². The number of carbonyl (C=O) groups is 4. The zero-order valence-electron chi connectivity index (χ0n) is 11.1. The van der Waals surface area contributed by atoms with Crippen molar-refractivity contribution in [2.75, 3.05) is 13.6 Å². The molecule has 110 valence electrons. The summed E-state index contributed by atoms with van der Waals surface area (Å²) in [6, 6.07) is 6.05. The van der Waals surface area contributed by atoms with Crippen LogP contribution in [-0.4, -0.2) is 47.1 Å². The molecule has 1 N–H and O–H groups in total. The van der Waals surface area contributed by atoms with Crippen LogP contribution >= 0.6 is 11.6 Å². The van der Waals surface area contributed by atoms with Gasteiger partial charge in [-0.15, -0.1) is 0 Å². The van der Waals surface area contributed by atoms with Crippen molar-refractivity contribution in [3.63, 3.8) is 0 Å². The number of amides is 5. The summed E-state index contributed by atoms with van der Waals surface area (Å²) < 4.78 is 0. The van der Waals surface area contributed by atoms with Gasteiger partial charge in [0.1, 0.15) is 6.54 Å². The monoisotopic (exact) mass is 309 g/mol. The quantitative estimate of drug-likeness (QED) is 0.643. The number of hydrogen-bond donors (Lipinski definition) is 1. The van der Waals surface area contributed by atoms with E-state index in [0.717, 1.165) is 5.56 Å². The van der Waals surface area contributed by atoms with E-state index in [-0.39, 0.29) is 6.54 Å². The van der Waals surface area contributed by atoms with Crippen molar-refractivity contribution in [1.29, 1.82) is 0 Å². The van der Waals surface area contributed by atoms with E-state index < -0.39 is 30.3 Å². The highest BCUT2D eigenvalue weighted by atomic mass is 35.5.